The molecule has 0 radical (unpaired) electrons. The minimum Gasteiger partial charge on any atom is -0.462 e. The molecule has 3 heteroatoms. The van der Waals surface area contributed by atoms with Crippen LogP contribution in [0, 0.1) is 0 Å². The normalized spacial score (nSPS) is 10.6. The molecule has 0 bridgehead atoms. The minimum atomic E-state index is -0.230. The van der Waals surface area contributed by atoms with Gasteiger partial charge in [-0.3, -0.25) is 0 Å². The van der Waals surface area contributed by atoms with E-state index in [-0.39, 0.29) is 5.97 Å². The smallest absolute Gasteiger partial charge is 0.338 e. The Morgan fingerprint density at radius 3 is 2.32 bits per heavy atom. The van der Waals surface area contributed by atoms with Crippen molar-refractivity contribution in [2.24, 2.45) is 0 Å². The number of benzene rings is 1. The van der Waals surface area contributed by atoms with Gasteiger partial charge in [-0.15, -0.1) is 0 Å². The first-order valence-corrected chi connectivity index (χ1v) is 9.77. The van der Waals surface area contributed by atoms with Crippen LogP contribution >= 0.6 is 11.8 Å². The highest BCUT2D eigenvalue weighted by atomic mass is 32.2. The van der Waals surface area contributed by atoms with E-state index in [4.69, 9.17) is 4.74 Å². The maximum atomic E-state index is 11.6. The quantitative estimate of drug-likeness (QED) is 0.375. The van der Waals surface area contributed by atoms with Gasteiger partial charge < -0.3 is 4.74 Å². The average Bonchev–Trinajstić information content (AvgIpc) is 2.54. The summed E-state index contributed by atoms with van der Waals surface area (Å²) < 4.78 is 4.99. The van der Waals surface area contributed by atoms with Crippen LogP contribution in [-0.4, -0.2) is 24.1 Å². The van der Waals surface area contributed by atoms with Gasteiger partial charge in [-0.25, -0.2) is 4.79 Å². The van der Waals surface area contributed by atoms with Crippen LogP contribution < -0.4 is 0 Å². The molecule has 0 spiro atoms. The standard InChI is InChI=1S/C19H30O2S/c1-3-5-6-7-8-9-15-22-16-14-17-10-12-18(13-11-17)19(20)21-4-2/h10-13H,3-9,14-16H2,1-2H3. The molecule has 0 fully saturated rings. The molecule has 1 rings (SSSR count). The van der Waals surface area contributed by atoms with Crippen LogP contribution in [0.3, 0.4) is 0 Å². The van der Waals surface area contributed by atoms with Crippen molar-refractivity contribution in [1.29, 1.82) is 0 Å². The Morgan fingerprint density at radius 1 is 0.955 bits per heavy atom. The largest absolute Gasteiger partial charge is 0.462 e. The van der Waals surface area contributed by atoms with Gasteiger partial charge >= 0.3 is 5.97 Å². The molecule has 0 aromatic heterocycles. The fourth-order valence-corrected chi connectivity index (χ4v) is 3.29. The number of hydrogen-bond acceptors (Lipinski definition) is 3. The zero-order valence-electron chi connectivity index (χ0n) is 14.1. The maximum Gasteiger partial charge on any atom is 0.338 e. The SMILES string of the molecule is CCCCCCCCSCCc1ccc(C(=O)OCC)cc1. The van der Waals surface area contributed by atoms with Gasteiger partial charge in [0.1, 0.15) is 0 Å². The van der Waals surface area contributed by atoms with E-state index in [1.54, 1.807) is 0 Å². The second-order valence-electron chi connectivity index (χ2n) is 5.55. The molecule has 0 amide bonds. The van der Waals surface area contributed by atoms with E-state index in [0.717, 1.165) is 12.2 Å². The van der Waals surface area contributed by atoms with Gasteiger partial charge in [-0.2, -0.15) is 11.8 Å². The molecule has 0 saturated heterocycles. The van der Waals surface area contributed by atoms with Crippen LogP contribution in [-0.2, 0) is 11.2 Å². The number of ether oxygens (including phenoxy) is 1. The lowest BCUT2D eigenvalue weighted by Crippen LogP contribution is -2.04. The van der Waals surface area contributed by atoms with Crippen molar-refractivity contribution in [2.75, 3.05) is 18.1 Å². The second-order valence-corrected chi connectivity index (χ2v) is 6.77. The summed E-state index contributed by atoms with van der Waals surface area (Å²) in [6.45, 7) is 4.51. The van der Waals surface area contributed by atoms with Gasteiger partial charge in [0.2, 0.25) is 0 Å². The Bertz CT molecular complexity index is 400. The molecule has 0 heterocycles. The van der Waals surface area contributed by atoms with E-state index in [9.17, 15) is 4.79 Å². The molecular weight excluding hydrogens is 292 g/mol. The highest BCUT2D eigenvalue weighted by Crippen LogP contribution is 2.13. The van der Waals surface area contributed by atoms with E-state index >= 15 is 0 Å². The van der Waals surface area contributed by atoms with Crippen molar-refractivity contribution in [3.8, 4) is 0 Å². The summed E-state index contributed by atoms with van der Waals surface area (Å²) >= 11 is 2.04. The topological polar surface area (TPSA) is 26.3 Å². The highest BCUT2D eigenvalue weighted by Gasteiger charge is 2.05. The Kier molecular flexibility index (Phi) is 10.9. The van der Waals surface area contributed by atoms with Crippen molar-refractivity contribution in [3.63, 3.8) is 0 Å². The number of carbonyl (C=O) groups is 1. The number of unbranched alkanes of at least 4 members (excludes halogenated alkanes) is 5. The Labute approximate surface area is 140 Å². The van der Waals surface area contributed by atoms with E-state index in [0.29, 0.717) is 12.2 Å². The van der Waals surface area contributed by atoms with E-state index in [1.807, 2.05) is 43.0 Å². The second kappa shape index (κ2) is 12.6. The molecular formula is C19H30O2S. The number of aryl methyl sites for hydroxylation is 1. The fourth-order valence-electron chi connectivity index (χ4n) is 2.30. The molecule has 124 valence electrons. The van der Waals surface area contributed by atoms with Gasteiger partial charge in [0.05, 0.1) is 12.2 Å². The summed E-state index contributed by atoms with van der Waals surface area (Å²) in [5.41, 5.74) is 1.94. The monoisotopic (exact) mass is 322 g/mol. The average molecular weight is 323 g/mol. The first kappa shape index (κ1) is 19.1. The first-order valence-electron chi connectivity index (χ1n) is 8.61. The lowest BCUT2D eigenvalue weighted by atomic mass is 10.1. The van der Waals surface area contributed by atoms with Crippen LogP contribution in [0.15, 0.2) is 24.3 Å². The highest BCUT2D eigenvalue weighted by molar-refractivity contribution is 7.99. The van der Waals surface area contributed by atoms with Crippen molar-refractivity contribution in [3.05, 3.63) is 35.4 Å². The molecule has 0 aliphatic rings. The van der Waals surface area contributed by atoms with Crippen molar-refractivity contribution >= 4 is 17.7 Å². The van der Waals surface area contributed by atoms with Gasteiger partial charge in [-0.05, 0) is 49.0 Å². The Morgan fingerprint density at radius 2 is 1.64 bits per heavy atom. The predicted molar refractivity (Wildman–Crippen MR) is 96.8 cm³/mol. The summed E-state index contributed by atoms with van der Waals surface area (Å²) in [5, 5.41) is 0. The van der Waals surface area contributed by atoms with Crippen molar-refractivity contribution in [2.45, 2.75) is 58.8 Å². The molecule has 2 nitrogen and oxygen atoms in total. The van der Waals surface area contributed by atoms with Gasteiger partial charge in [0, 0.05) is 0 Å². The lowest BCUT2D eigenvalue weighted by molar-refractivity contribution is 0.0526. The summed E-state index contributed by atoms with van der Waals surface area (Å²) in [7, 11) is 0. The predicted octanol–water partition coefficient (Wildman–Crippen LogP) is 5.50. The first-order chi connectivity index (χ1) is 10.8. The third-order valence-corrected chi connectivity index (χ3v) is 4.71. The van der Waals surface area contributed by atoms with E-state index in [2.05, 4.69) is 6.92 Å². The molecule has 0 aliphatic carbocycles. The molecule has 0 aliphatic heterocycles. The summed E-state index contributed by atoms with van der Waals surface area (Å²) in [4.78, 5) is 11.6. The zero-order valence-corrected chi connectivity index (χ0v) is 14.9. The molecule has 0 saturated carbocycles. The zero-order chi connectivity index (χ0) is 16.0. The third kappa shape index (κ3) is 8.47. The maximum absolute atomic E-state index is 11.6. The Balaban J connectivity index is 2.09. The lowest BCUT2D eigenvalue weighted by Gasteiger charge is -2.05. The molecule has 0 N–H and O–H groups in total. The number of rotatable bonds is 12. The van der Waals surface area contributed by atoms with E-state index in [1.165, 1.54) is 49.8 Å². The molecule has 22 heavy (non-hydrogen) atoms. The van der Waals surface area contributed by atoms with Crippen LogP contribution in [0.2, 0.25) is 0 Å². The fraction of sp³-hybridized carbons (Fsp3) is 0.632. The molecule has 0 atom stereocenters. The molecule has 0 unspecified atom stereocenters. The third-order valence-electron chi connectivity index (χ3n) is 3.64. The van der Waals surface area contributed by atoms with Crippen LogP contribution in [0.4, 0.5) is 0 Å². The number of carbonyl (C=O) groups excluding carboxylic acids is 1. The number of thioether (sulfide) groups is 1. The van der Waals surface area contributed by atoms with Crippen molar-refractivity contribution in [1.82, 2.24) is 0 Å². The summed E-state index contributed by atoms with van der Waals surface area (Å²) in [6.07, 6.45) is 9.29. The Hall–Kier alpha value is -0.960. The van der Waals surface area contributed by atoms with Crippen LogP contribution in [0.5, 0.6) is 0 Å². The van der Waals surface area contributed by atoms with Gasteiger partial charge in [-0.1, -0.05) is 51.2 Å². The summed E-state index contributed by atoms with van der Waals surface area (Å²) in [5.74, 6) is 2.20. The van der Waals surface area contributed by atoms with E-state index < -0.39 is 0 Å². The van der Waals surface area contributed by atoms with Crippen LogP contribution in [0.25, 0.3) is 0 Å². The number of esters is 1. The number of hydrogen-bond donors (Lipinski definition) is 0. The summed E-state index contributed by atoms with van der Waals surface area (Å²) in [6, 6.07) is 7.81. The minimum absolute atomic E-state index is 0.230. The molecule has 1 aromatic rings. The van der Waals surface area contributed by atoms with Crippen LogP contribution in [0.1, 0.15) is 68.3 Å². The van der Waals surface area contributed by atoms with Gasteiger partial charge in [0.15, 0.2) is 0 Å². The van der Waals surface area contributed by atoms with Gasteiger partial charge in [0.25, 0.3) is 0 Å². The van der Waals surface area contributed by atoms with Crippen molar-refractivity contribution < 1.29 is 9.53 Å². The molecule has 1 aromatic carbocycles.